The fourth-order valence-corrected chi connectivity index (χ4v) is 2.49. The number of nitrogens with two attached hydrogens (primary N) is 1. The zero-order valence-corrected chi connectivity index (χ0v) is 11.1. The minimum absolute atomic E-state index is 0.826. The zero-order valence-electron chi connectivity index (χ0n) is 11.1. The molecule has 0 aromatic heterocycles. The van der Waals surface area contributed by atoms with Crippen LogP contribution in [-0.4, -0.2) is 30.6 Å². The summed E-state index contributed by atoms with van der Waals surface area (Å²) in [5, 5.41) is 0. The maximum atomic E-state index is 5.67. The smallest absolute Gasteiger partial charge is 0.0108 e. The molecule has 2 nitrogen and oxygen atoms in total. The Morgan fingerprint density at radius 3 is 2.25 bits per heavy atom. The number of unbranched alkanes of at least 4 members (excludes halogenated alkanes) is 5. The summed E-state index contributed by atoms with van der Waals surface area (Å²) in [6.45, 7) is 5.50. The Kier molecular flexibility index (Phi) is 7.87. The first kappa shape index (κ1) is 14.0. The van der Waals surface area contributed by atoms with Crippen molar-refractivity contribution < 1.29 is 0 Å². The fraction of sp³-hybridized carbons (Fsp3) is 1.00. The molecule has 16 heavy (non-hydrogen) atoms. The van der Waals surface area contributed by atoms with Gasteiger partial charge in [0.05, 0.1) is 0 Å². The van der Waals surface area contributed by atoms with E-state index in [9.17, 15) is 0 Å². The lowest BCUT2D eigenvalue weighted by Gasteiger charge is -2.37. The molecule has 96 valence electrons. The monoisotopic (exact) mass is 226 g/mol. The van der Waals surface area contributed by atoms with Crippen LogP contribution in [0, 0.1) is 0 Å². The lowest BCUT2D eigenvalue weighted by Crippen LogP contribution is -2.43. The highest BCUT2D eigenvalue weighted by Gasteiger charge is 2.23. The molecule has 0 aromatic rings. The lowest BCUT2D eigenvalue weighted by atomic mass is 9.91. The number of nitrogens with zero attached hydrogens (tertiary/aromatic N) is 1. The summed E-state index contributed by atoms with van der Waals surface area (Å²) in [7, 11) is 0. The van der Waals surface area contributed by atoms with E-state index < -0.39 is 0 Å². The molecule has 0 aliphatic heterocycles. The van der Waals surface area contributed by atoms with Crippen LogP contribution >= 0.6 is 0 Å². The molecule has 0 bridgehead atoms. The average molecular weight is 226 g/mol. The predicted octanol–water partition coefficient (Wildman–Crippen LogP) is 3.16. The van der Waals surface area contributed by atoms with E-state index in [-0.39, 0.29) is 0 Å². The molecule has 1 aliphatic carbocycles. The molecule has 1 aliphatic rings. The van der Waals surface area contributed by atoms with Gasteiger partial charge in [-0.15, -0.1) is 0 Å². The van der Waals surface area contributed by atoms with Crippen LogP contribution in [0.1, 0.15) is 64.7 Å². The van der Waals surface area contributed by atoms with Gasteiger partial charge in [0.1, 0.15) is 0 Å². The Morgan fingerprint density at radius 1 is 1.00 bits per heavy atom. The van der Waals surface area contributed by atoms with E-state index in [1.807, 2.05) is 0 Å². The van der Waals surface area contributed by atoms with E-state index in [1.165, 1.54) is 64.3 Å². The van der Waals surface area contributed by atoms with Gasteiger partial charge in [0.25, 0.3) is 0 Å². The molecule has 1 rings (SSSR count). The van der Waals surface area contributed by atoms with E-state index in [1.54, 1.807) is 0 Å². The van der Waals surface area contributed by atoms with Crippen molar-refractivity contribution in [3.8, 4) is 0 Å². The second-order valence-electron chi connectivity index (χ2n) is 5.18. The maximum absolute atomic E-state index is 5.67. The summed E-state index contributed by atoms with van der Waals surface area (Å²) >= 11 is 0. The van der Waals surface area contributed by atoms with Crippen LogP contribution in [0.25, 0.3) is 0 Å². The van der Waals surface area contributed by atoms with E-state index >= 15 is 0 Å². The van der Waals surface area contributed by atoms with Gasteiger partial charge in [0.15, 0.2) is 0 Å². The third-order valence-electron chi connectivity index (χ3n) is 3.81. The fourth-order valence-electron chi connectivity index (χ4n) is 2.49. The van der Waals surface area contributed by atoms with Crippen LogP contribution in [0.5, 0.6) is 0 Å². The van der Waals surface area contributed by atoms with Gasteiger partial charge >= 0.3 is 0 Å². The second kappa shape index (κ2) is 9.00. The summed E-state index contributed by atoms with van der Waals surface area (Å²) in [6.07, 6.45) is 12.7. The molecule has 0 heterocycles. The molecule has 0 atom stereocenters. The van der Waals surface area contributed by atoms with Crippen molar-refractivity contribution >= 4 is 0 Å². The van der Waals surface area contributed by atoms with Crippen molar-refractivity contribution in [2.45, 2.75) is 70.8 Å². The van der Waals surface area contributed by atoms with Gasteiger partial charge < -0.3 is 5.73 Å². The first-order valence-corrected chi connectivity index (χ1v) is 7.32. The summed E-state index contributed by atoms with van der Waals surface area (Å²) in [4.78, 5) is 2.63. The molecule has 0 radical (unpaired) electrons. The quantitative estimate of drug-likeness (QED) is 0.580. The van der Waals surface area contributed by atoms with E-state index in [2.05, 4.69) is 11.8 Å². The first-order valence-electron chi connectivity index (χ1n) is 7.32. The van der Waals surface area contributed by atoms with E-state index in [4.69, 9.17) is 5.73 Å². The average Bonchev–Trinajstić information content (AvgIpc) is 2.21. The predicted molar refractivity (Wildman–Crippen MR) is 71.6 cm³/mol. The van der Waals surface area contributed by atoms with Crippen LogP contribution in [0.15, 0.2) is 0 Å². The minimum atomic E-state index is 0.826. The van der Waals surface area contributed by atoms with E-state index in [0.717, 1.165) is 19.1 Å². The number of hydrogen-bond donors (Lipinski definition) is 1. The van der Waals surface area contributed by atoms with Gasteiger partial charge in [-0.2, -0.15) is 0 Å². The molecule has 1 saturated carbocycles. The highest BCUT2D eigenvalue weighted by Crippen LogP contribution is 2.24. The number of rotatable bonds is 10. The molecule has 0 unspecified atom stereocenters. The third-order valence-corrected chi connectivity index (χ3v) is 3.81. The summed E-state index contributed by atoms with van der Waals surface area (Å²) in [5.41, 5.74) is 5.67. The van der Waals surface area contributed by atoms with Crippen molar-refractivity contribution in [2.75, 3.05) is 19.6 Å². The van der Waals surface area contributed by atoms with Crippen molar-refractivity contribution in [1.82, 2.24) is 4.90 Å². The summed E-state index contributed by atoms with van der Waals surface area (Å²) in [5.74, 6) is 0. The van der Waals surface area contributed by atoms with Gasteiger partial charge in [-0.3, -0.25) is 4.90 Å². The van der Waals surface area contributed by atoms with E-state index in [0.29, 0.717) is 0 Å². The van der Waals surface area contributed by atoms with Gasteiger partial charge in [-0.25, -0.2) is 0 Å². The molecular formula is C14H30N2. The molecule has 2 heteroatoms. The van der Waals surface area contributed by atoms with Crippen LogP contribution in [-0.2, 0) is 0 Å². The Bertz CT molecular complexity index is 155. The zero-order chi connectivity index (χ0) is 11.6. The summed E-state index contributed by atoms with van der Waals surface area (Å²) in [6, 6.07) is 0.874. The highest BCUT2D eigenvalue weighted by molar-refractivity contribution is 4.80. The van der Waals surface area contributed by atoms with Crippen LogP contribution in [0.2, 0.25) is 0 Å². The normalized spacial score (nSPS) is 16.7. The molecule has 0 saturated heterocycles. The molecule has 1 fully saturated rings. The van der Waals surface area contributed by atoms with Crippen LogP contribution < -0.4 is 5.73 Å². The van der Waals surface area contributed by atoms with Gasteiger partial charge in [-0.1, -0.05) is 45.4 Å². The molecule has 0 spiro atoms. The van der Waals surface area contributed by atoms with Crippen molar-refractivity contribution in [3.05, 3.63) is 0 Å². The van der Waals surface area contributed by atoms with Crippen LogP contribution in [0.3, 0.4) is 0 Å². The van der Waals surface area contributed by atoms with Crippen molar-refractivity contribution in [3.63, 3.8) is 0 Å². The van der Waals surface area contributed by atoms with Gasteiger partial charge in [-0.05, 0) is 25.8 Å². The standard InChI is InChI=1S/C14H30N2/c1-2-3-4-5-6-7-12-16(13-11-15)14-9-8-10-14/h14H,2-13,15H2,1H3. The molecular weight excluding hydrogens is 196 g/mol. The molecule has 0 aromatic carbocycles. The minimum Gasteiger partial charge on any atom is -0.329 e. The largest absolute Gasteiger partial charge is 0.329 e. The second-order valence-corrected chi connectivity index (χ2v) is 5.18. The first-order chi connectivity index (χ1) is 7.88. The van der Waals surface area contributed by atoms with Crippen molar-refractivity contribution in [1.29, 1.82) is 0 Å². The Morgan fingerprint density at radius 2 is 1.69 bits per heavy atom. The topological polar surface area (TPSA) is 29.3 Å². The van der Waals surface area contributed by atoms with Gasteiger partial charge in [0, 0.05) is 19.1 Å². The Hall–Kier alpha value is -0.0800. The molecule has 0 amide bonds. The van der Waals surface area contributed by atoms with Crippen molar-refractivity contribution in [2.24, 2.45) is 5.73 Å². The van der Waals surface area contributed by atoms with Gasteiger partial charge in [0.2, 0.25) is 0 Å². The Labute approximate surface area is 102 Å². The molecule has 2 N–H and O–H groups in total. The Balaban J connectivity index is 1.98. The SMILES string of the molecule is CCCCCCCCN(CCN)C1CCC1. The summed E-state index contributed by atoms with van der Waals surface area (Å²) < 4.78 is 0. The third kappa shape index (κ3) is 5.31. The highest BCUT2D eigenvalue weighted by atomic mass is 15.2. The number of hydrogen-bond acceptors (Lipinski definition) is 2. The lowest BCUT2D eigenvalue weighted by molar-refractivity contribution is 0.128. The maximum Gasteiger partial charge on any atom is 0.0108 e. The van der Waals surface area contributed by atoms with Crippen LogP contribution in [0.4, 0.5) is 0 Å².